The number of nitrogens with one attached hydrogen (secondary N) is 1. The van der Waals surface area contributed by atoms with Crippen molar-refractivity contribution in [1.29, 1.82) is 0 Å². The number of carbonyl (C=O) groups excluding carboxylic acids is 2. The summed E-state index contributed by atoms with van der Waals surface area (Å²) in [4.78, 5) is 28.4. The summed E-state index contributed by atoms with van der Waals surface area (Å²) in [5.41, 5.74) is 2.25. The van der Waals surface area contributed by atoms with Crippen molar-refractivity contribution in [3.63, 3.8) is 0 Å². The summed E-state index contributed by atoms with van der Waals surface area (Å²) in [5, 5.41) is 3.71. The van der Waals surface area contributed by atoms with Gasteiger partial charge in [0, 0.05) is 5.56 Å². The predicted molar refractivity (Wildman–Crippen MR) is 90.7 cm³/mol. The van der Waals surface area contributed by atoms with E-state index in [1.165, 1.54) is 0 Å². The number of fused-ring (bicyclic) bond motifs is 2. The Morgan fingerprint density at radius 1 is 1.17 bits per heavy atom. The van der Waals surface area contributed by atoms with Crippen LogP contribution in [0.3, 0.4) is 0 Å². The molecule has 1 aliphatic heterocycles. The molecular weight excluding hydrogens is 324 g/mol. The molecule has 0 saturated heterocycles. The highest BCUT2D eigenvalue weighted by molar-refractivity contribution is 7.18. The van der Waals surface area contributed by atoms with E-state index in [-0.39, 0.29) is 18.3 Å². The average molecular weight is 338 g/mol. The molecule has 1 aromatic heterocycles. The lowest BCUT2D eigenvalue weighted by Gasteiger charge is -2.10. The highest BCUT2D eigenvalue weighted by atomic mass is 32.1. The van der Waals surface area contributed by atoms with Gasteiger partial charge in [-0.05, 0) is 18.2 Å². The van der Waals surface area contributed by atoms with Crippen molar-refractivity contribution in [3.05, 3.63) is 64.7 Å². The normalized spacial score (nSPS) is 16.0. The van der Waals surface area contributed by atoms with Crippen LogP contribution in [0.2, 0.25) is 0 Å². The maximum atomic E-state index is 12.2. The molecule has 0 fully saturated rings. The molecule has 1 amide bonds. The molecule has 4 rings (SSSR count). The van der Waals surface area contributed by atoms with Crippen molar-refractivity contribution >= 4 is 33.4 Å². The smallest absolute Gasteiger partial charge is 0.339 e. The number of amides is 1. The Labute approximate surface area is 142 Å². The van der Waals surface area contributed by atoms with Crippen LogP contribution in [-0.2, 0) is 16.1 Å². The number of benzene rings is 2. The molecule has 6 heteroatoms. The van der Waals surface area contributed by atoms with Gasteiger partial charge in [-0.1, -0.05) is 30.3 Å². The van der Waals surface area contributed by atoms with Crippen LogP contribution in [0.4, 0.5) is 0 Å². The second-order valence-electron chi connectivity index (χ2n) is 5.54. The number of hydrogen-bond acceptors (Lipinski definition) is 5. The van der Waals surface area contributed by atoms with Gasteiger partial charge >= 0.3 is 5.97 Å². The molecule has 0 radical (unpaired) electrons. The molecule has 1 aliphatic rings. The first-order valence-electron chi connectivity index (χ1n) is 7.62. The number of rotatable bonds is 4. The summed E-state index contributed by atoms with van der Waals surface area (Å²) in [6, 6.07) is 15.0. The number of hydrogen-bond donors (Lipinski definition) is 1. The van der Waals surface area contributed by atoms with Crippen LogP contribution in [-0.4, -0.2) is 16.9 Å². The Morgan fingerprint density at radius 3 is 2.83 bits per heavy atom. The topological polar surface area (TPSA) is 68.3 Å². The van der Waals surface area contributed by atoms with Gasteiger partial charge in [0.2, 0.25) is 5.91 Å². The van der Waals surface area contributed by atoms with Crippen LogP contribution in [0.5, 0.6) is 0 Å². The standard InChI is InChI=1S/C18H14N2O3S/c21-16(9-14-11-5-1-2-6-12(11)18(22)23-14)19-10-17-20-13-7-3-4-8-15(13)24-17/h1-8,14H,9-10H2,(H,19,21). The van der Waals surface area contributed by atoms with Gasteiger partial charge in [-0.3, -0.25) is 4.79 Å². The fraction of sp³-hybridized carbons (Fsp3) is 0.167. The molecule has 1 unspecified atom stereocenters. The van der Waals surface area contributed by atoms with Crippen LogP contribution >= 0.6 is 11.3 Å². The zero-order chi connectivity index (χ0) is 16.5. The van der Waals surface area contributed by atoms with E-state index in [2.05, 4.69) is 10.3 Å². The number of aromatic nitrogens is 1. The van der Waals surface area contributed by atoms with E-state index in [9.17, 15) is 9.59 Å². The van der Waals surface area contributed by atoms with Gasteiger partial charge in [-0.2, -0.15) is 0 Å². The van der Waals surface area contributed by atoms with Crippen LogP contribution in [0, 0.1) is 0 Å². The van der Waals surface area contributed by atoms with Crippen molar-refractivity contribution < 1.29 is 14.3 Å². The van der Waals surface area contributed by atoms with Gasteiger partial charge in [0.05, 0.1) is 28.7 Å². The van der Waals surface area contributed by atoms with Crippen LogP contribution in [0.1, 0.15) is 33.5 Å². The first-order chi connectivity index (χ1) is 11.7. The molecule has 1 N–H and O–H groups in total. The van der Waals surface area contributed by atoms with Gasteiger partial charge < -0.3 is 10.1 Å². The molecule has 0 bridgehead atoms. The van der Waals surface area contributed by atoms with Crippen molar-refractivity contribution in [3.8, 4) is 0 Å². The number of esters is 1. The monoisotopic (exact) mass is 338 g/mol. The van der Waals surface area contributed by atoms with Gasteiger partial charge in [-0.15, -0.1) is 11.3 Å². The SMILES string of the molecule is O=C(CC1OC(=O)c2ccccc21)NCc1nc2ccccc2s1. The lowest BCUT2D eigenvalue weighted by molar-refractivity contribution is -0.123. The fourth-order valence-electron chi connectivity index (χ4n) is 2.78. The largest absolute Gasteiger partial charge is 0.453 e. The van der Waals surface area contributed by atoms with Gasteiger partial charge in [-0.25, -0.2) is 9.78 Å². The Hall–Kier alpha value is -2.73. The number of thiazole rings is 1. The minimum absolute atomic E-state index is 0.119. The molecule has 3 aromatic rings. The van der Waals surface area contributed by atoms with Crippen LogP contribution < -0.4 is 5.32 Å². The highest BCUT2D eigenvalue weighted by Gasteiger charge is 2.31. The van der Waals surface area contributed by atoms with E-state index in [1.807, 2.05) is 36.4 Å². The van der Waals surface area contributed by atoms with E-state index in [0.29, 0.717) is 12.1 Å². The zero-order valence-electron chi connectivity index (χ0n) is 12.7. The summed E-state index contributed by atoms with van der Waals surface area (Å²) >= 11 is 1.56. The van der Waals surface area contributed by atoms with E-state index < -0.39 is 6.10 Å². The van der Waals surface area contributed by atoms with Crippen molar-refractivity contribution in [1.82, 2.24) is 10.3 Å². The first kappa shape index (κ1) is 14.8. The molecule has 0 aliphatic carbocycles. The third kappa shape index (κ3) is 2.76. The fourth-order valence-corrected chi connectivity index (χ4v) is 3.69. The number of nitrogens with zero attached hydrogens (tertiary/aromatic N) is 1. The van der Waals surface area contributed by atoms with E-state index >= 15 is 0 Å². The first-order valence-corrected chi connectivity index (χ1v) is 8.43. The second-order valence-corrected chi connectivity index (χ2v) is 6.65. The summed E-state index contributed by atoms with van der Waals surface area (Å²) in [6.45, 7) is 0.375. The molecule has 0 spiro atoms. The minimum Gasteiger partial charge on any atom is -0.453 e. The number of carbonyl (C=O) groups is 2. The summed E-state index contributed by atoms with van der Waals surface area (Å²) in [5.74, 6) is -0.529. The van der Waals surface area contributed by atoms with E-state index in [1.54, 1.807) is 23.5 Å². The third-order valence-corrected chi connectivity index (χ3v) is 4.96. The average Bonchev–Trinajstić information content (AvgIpc) is 3.15. The Balaban J connectivity index is 1.40. The summed E-state index contributed by atoms with van der Waals surface area (Å²) in [7, 11) is 0. The zero-order valence-corrected chi connectivity index (χ0v) is 13.5. The minimum atomic E-state index is -0.510. The van der Waals surface area contributed by atoms with Crippen LogP contribution in [0.15, 0.2) is 48.5 Å². The van der Waals surface area contributed by atoms with E-state index in [0.717, 1.165) is 20.8 Å². The number of ether oxygens (including phenoxy) is 1. The van der Waals surface area contributed by atoms with Crippen molar-refractivity contribution in [2.75, 3.05) is 0 Å². The molecule has 0 saturated carbocycles. The molecule has 24 heavy (non-hydrogen) atoms. The van der Waals surface area contributed by atoms with Gasteiger partial charge in [0.25, 0.3) is 0 Å². The molecule has 120 valence electrons. The van der Waals surface area contributed by atoms with Crippen molar-refractivity contribution in [2.24, 2.45) is 0 Å². The quantitative estimate of drug-likeness (QED) is 0.742. The molecular formula is C18H14N2O3S. The Bertz CT molecular complexity index is 902. The highest BCUT2D eigenvalue weighted by Crippen LogP contribution is 2.32. The molecule has 1 atom stereocenters. The Morgan fingerprint density at radius 2 is 1.96 bits per heavy atom. The maximum Gasteiger partial charge on any atom is 0.339 e. The molecule has 5 nitrogen and oxygen atoms in total. The predicted octanol–water partition coefficient (Wildman–Crippen LogP) is 3.21. The van der Waals surface area contributed by atoms with Gasteiger partial charge in [0.15, 0.2) is 0 Å². The Kier molecular flexibility index (Phi) is 3.74. The second kappa shape index (κ2) is 6.05. The third-order valence-electron chi connectivity index (χ3n) is 3.92. The molecule has 2 heterocycles. The summed E-state index contributed by atoms with van der Waals surface area (Å²) < 4.78 is 6.39. The summed E-state index contributed by atoms with van der Waals surface area (Å²) in [6.07, 6.45) is -0.391. The lowest BCUT2D eigenvalue weighted by Crippen LogP contribution is -2.24. The molecule has 2 aromatic carbocycles. The van der Waals surface area contributed by atoms with E-state index in [4.69, 9.17) is 4.74 Å². The lowest BCUT2D eigenvalue weighted by atomic mass is 10.0. The van der Waals surface area contributed by atoms with Crippen LogP contribution in [0.25, 0.3) is 10.2 Å². The van der Waals surface area contributed by atoms with Gasteiger partial charge in [0.1, 0.15) is 11.1 Å². The van der Waals surface area contributed by atoms with Crippen molar-refractivity contribution in [2.45, 2.75) is 19.1 Å². The maximum absolute atomic E-state index is 12.2. The number of cyclic esters (lactones) is 1. The number of para-hydroxylation sites is 1.